The van der Waals surface area contributed by atoms with Gasteiger partial charge in [-0.3, -0.25) is 4.79 Å². The number of carbonyl (C=O) groups excluding carboxylic acids is 1. The number of aliphatic carboxylic acids is 1. The first-order valence-electron chi connectivity index (χ1n) is 4.09. The van der Waals surface area contributed by atoms with Crippen LogP contribution in [0.2, 0.25) is 0 Å². The second-order valence-corrected chi connectivity index (χ2v) is 3.79. The summed E-state index contributed by atoms with van der Waals surface area (Å²) in [5.74, 6) is -2.21. The third-order valence-corrected chi connectivity index (χ3v) is 2.77. The Labute approximate surface area is 95.0 Å². The average molecular weight is 273 g/mol. The number of rotatable bonds is 3. The van der Waals surface area contributed by atoms with E-state index in [-0.39, 0.29) is 11.3 Å². The molecule has 0 unspecified atom stereocenters. The average Bonchev–Trinajstić information content (AvgIpc) is 2.20. The van der Waals surface area contributed by atoms with Crippen molar-refractivity contribution >= 4 is 27.7 Å². The highest BCUT2D eigenvalue weighted by Crippen LogP contribution is 2.27. The highest BCUT2D eigenvalue weighted by Gasteiger charge is 2.20. The third kappa shape index (κ3) is 2.36. The lowest BCUT2D eigenvalue weighted by Crippen LogP contribution is -2.14. The van der Waals surface area contributed by atoms with E-state index in [9.17, 15) is 9.59 Å². The minimum Gasteiger partial charge on any atom is -0.496 e. The van der Waals surface area contributed by atoms with Crippen molar-refractivity contribution in [2.75, 3.05) is 7.11 Å². The van der Waals surface area contributed by atoms with Crippen LogP contribution in [0.5, 0.6) is 5.75 Å². The van der Waals surface area contributed by atoms with Crippen molar-refractivity contribution in [3.63, 3.8) is 0 Å². The minimum atomic E-state index is -1.50. The van der Waals surface area contributed by atoms with Gasteiger partial charge in [-0.15, -0.1) is 0 Å². The summed E-state index contributed by atoms with van der Waals surface area (Å²) in [5, 5.41) is 8.60. The molecule has 0 heterocycles. The summed E-state index contributed by atoms with van der Waals surface area (Å²) in [4.78, 5) is 21.8. The molecule has 0 aromatic heterocycles. The first-order chi connectivity index (χ1) is 6.97. The van der Waals surface area contributed by atoms with E-state index in [0.29, 0.717) is 4.47 Å². The van der Waals surface area contributed by atoms with Gasteiger partial charge in [0.2, 0.25) is 0 Å². The quantitative estimate of drug-likeness (QED) is 0.676. The molecule has 1 N–H and O–H groups in total. The largest absolute Gasteiger partial charge is 0.496 e. The molecule has 1 aromatic carbocycles. The number of hydrogen-bond acceptors (Lipinski definition) is 3. The van der Waals surface area contributed by atoms with Gasteiger partial charge in [-0.25, -0.2) is 4.79 Å². The fourth-order valence-corrected chi connectivity index (χ4v) is 1.46. The number of carboxylic acid groups (broad SMARTS) is 1. The number of ether oxygens (including phenoxy) is 1. The molecule has 1 aromatic rings. The van der Waals surface area contributed by atoms with Gasteiger partial charge < -0.3 is 9.84 Å². The normalized spacial score (nSPS) is 9.80. The molecule has 0 aliphatic carbocycles. The van der Waals surface area contributed by atoms with Crippen molar-refractivity contribution in [2.24, 2.45) is 0 Å². The van der Waals surface area contributed by atoms with Crippen LogP contribution in [0.1, 0.15) is 15.9 Å². The highest BCUT2D eigenvalue weighted by molar-refractivity contribution is 9.10. The summed E-state index contributed by atoms with van der Waals surface area (Å²) in [6, 6.07) is 3.06. The Morgan fingerprint density at radius 1 is 1.40 bits per heavy atom. The zero-order valence-electron chi connectivity index (χ0n) is 8.20. The fourth-order valence-electron chi connectivity index (χ4n) is 1.12. The first-order valence-corrected chi connectivity index (χ1v) is 4.88. The molecule has 0 aliphatic heterocycles. The van der Waals surface area contributed by atoms with Crippen LogP contribution in [0.15, 0.2) is 16.6 Å². The monoisotopic (exact) mass is 272 g/mol. The van der Waals surface area contributed by atoms with Gasteiger partial charge in [-0.05, 0) is 24.6 Å². The maximum Gasteiger partial charge on any atom is 0.377 e. The summed E-state index contributed by atoms with van der Waals surface area (Å²) in [6.07, 6.45) is 0. The van der Waals surface area contributed by atoms with Crippen molar-refractivity contribution in [1.29, 1.82) is 0 Å². The second-order valence-electron chi connectivity index (χ2n) is 2.94. The zero-order valence-corrected chi connectivity index (χ0v) is 9.79. The Balaban J connectivity index is 3.34. The molecule has 0 aliphatic rings. The third-order valence-electron chi connectivity index (χ3n) is 1.92. The minimum absolute atomic E-state index is 0.0440. The van der Waals surface area contributed by atoms with Crippen molar-refractivity contribution in [2.45, 2.75) is 6.92 Å². The molecular formula is C10H9BrO4. The number of carbonyl (C=O) groups is 2. The van der Waals surface area contributed by atoms with E-state index < -0.39 is 11.8 Å². The van der Waals surface area contributed by atoms with Gasteiger partial charge in [0.25, 0.3) is 5.78 Å². The summed E-state index contributed by atoms with van der Waals surface area (Å²) in [5.41, 5.74) is 0.913. The molecule has 0 saturated heterocycles. The summed E-state index contributed by atoms with van der Waals surface area (Å²) >= 11 is 3.23. The van der Waals surface area contributed by atoms with E-state index >= 15 is 0 Å². The summed E-state index contributed by atoms with van der Waals surface area (Å²) < 4.78 is 5.62. The van der Waals surface area contributed by atoms with Gasteiger partial charge in [-0.1, -0.05) is 15.9 Å². The van der Waals surface area contributed by atoms with Gasteiger partial charge in [-0.2, -0.15) is 0 Å². The molecule has 0 radical (unpaired) electrons. The predicted octanol–water partition coefficient (Wildman–Crippen LogP) is 2.03. The standard InChI is InChI=1S/C10H9BrO4/c1-5-3-8(15-2)6(4-7(5)11)9(12)10(13)14/h3-4H,1-2H3,(H,13,14). The maximum atomic E-state index is 11.3. The molecule has 0 bridgehead atoms. The number of carboxylic acids is 1. The molecule has 0 atom stereocenters. The number of Topliss-reactive ketones (excluding diaryl/α,β-unsaturated/α-hetero) is 1. The van der Waals surface area contributed by atoms with Gasteiger partial charge in [0, 0.05) is 4.47 Å². The van der Waals surface area contributed by atoms with Gasteiger partial charge in [0.1, 0.15) is 5.75 Å². The molecule has 80 valence electrons. The summed E-state index contributed by atoms with van der Waals surface area (Å²) in [7, 11) is 1.39. The number of ketones is 1. The molecule has 5 heteroatoms. The van der Waals surface area contributed by atoms with Crippen LogP contribution in [0, 0.1) is 6.92 Å². The Morgan fingerprint density at radius 2 is 2.00 bits per heavy atom. The van der Waals surface area contributed by atoms with Gasteiger partial charge in [0.15, 0.2) is 0 Å². The fraction of sp³-hybridized carbons (Fsp3) is 0.200. The SMILES string of the molecule is COc1cc(C)c(Br)cc1C(=O)C(=O)O. The maximum absolute atomic E-state index is 11.3. The Morgan fingerprint density at radius 3 is 2.47 bits per heavy atom. The zero-order chi connectivity index (χ0) is 11.6. The van der Waals surface area contributed by atoms with Crippen LogP contribution in [0.3, 0.4) is 0 Å². The molecule has 15 heavy (non-hydrogen) atoms. The molecule has 0 fully saturated rings. The summed E-state index contributed by atoms with van der Waals surface area (Å²) in [6.45, 7) is 1.82. The lowest BCUT2D eigenvalue weighted by Gasteiger charge is -2.08. The van der Waals surface area contributed by atoms with E-state index in [1.165, 1.54) is 13.2 Å². The predicted molar refractivity (Wildman–Crippen MR) is 57.4 cm³/mol. The molecule has 1 rings (SSSR count). The van der Waals surface area contributed by atoms with Gasteiger partial charge >= 0.3 is 5.97 Å². The van der Waals surface area contributed by atoms with E-state index in [1.807, 2.05) is 6.92 Å². The Kier molecular flexibility index (Phi) is 3.47. The number of halogens is 1. The van der Waals surface area contributed by atoms with Crippen LogP contribution < -0.4 is 4.74 Å². The first kappa shape index (κ1) is 11.7. The lowest BCUT2D eigenvalue weighted by molar-refractivity contribution is -0.131. The molecule has 0 saturated carbocycles. The highest BCUT2D eigenvalue weighted by atomic mass is 79.9. The Bertz CT molecular complexity index is 426. The van der Waals surface area contributed by atoms with Crippen LogP contribution in [0.4, 0.5) is 0 Å². The number of methoxy groups -OCH3 is 1. The van der Waals surface area contributed by atoms with Crippen molar-refractivity contribution in [1.82, 2.24) is 0 Å². The molecule has 4 nitrogen and oxygen atoms in total. The lowest BCUT2D eigenvalue weighted by atomic mass is 10.1. The number of aryl methyl sites for hydroxylation is 1. The van der Waals surface area contributed by atoms with E-state index in [1.54, 1.807) is 6.07 Å². The Hall–Kier alpha value is -1.36. The van der Waals surface area contributed by atoms with Crippen molar-refractivity contribution in [3.8, 4) is 5.75 Å². The topological polar surface area (TPSA) is 63.6 Å². The van der Waals surface area contributed by atoms with Crippen molar-refractivity contribution in [3.05, 3.63) is 27.7 Å². The van der Waals surface area contributed by atoms with E-state index in [0.717, 1.165) is 5.56 Å². The van der Waals surface area contributed by atoms with Gasteiger partial charge in [0.05, 0.1) is 12.7 Å². The molecule has 0 amide bonds. The molecular weight excluding hydrogens is 264 g/mol. The second kappa shape index (κ2) is 4.44. The van der Waals surface area contributed by atoms with Crippen LogP contribution in [0.25, 0.3) is 0 Å². The molecule has 0 spiro atoms. The van der Waals surface area contributed by atoms with Crippen LogP contribution in [-0.2, 0) is 4.79 Å². The number of hydrogen-bond donors (Lipinski definition) is 1. The number of benzene rings is 1. The smallest absolute Gasteiger partial charge is 0.377 e. The van der Waals surface area contributed by atoms with E-state index in [4.69, 9.17) is 9.84 Å². The van der Waals surface area contributed by atoms with Crippen LogP contribution >= 0.6 is 15.9 Å². The van der Waals surface area contributed by atoms with E-state index in [2.05, 4.69) is 15.9 Å². The van der Waals surface area contributed by atoms with Crippen LogP contribution in [-0.4, -0.2) is 24.0 Å². The van der Waals surface area contributed by atoms with Crippen molar-refractivity contribution < 1.29 is 19.4 Å².